The number of carbonyl (C=O) groups is 1. The predicted molar refractivity (Wildman–Crippen MR) is 68.9 cm³/mol. The molecule has 0 unspecified atom stereocenters. The van der Waals surface area contributed by atoms with Gasteiger partial charge in [-0.25, -0.2) is 4.98 Å². The maximum Gasteiger partial charge on any atom is 0.220 e. The van der Waals surface area contributed by atoms with Crippen LogP contribution < -0.4 is 5.32 Å². The van der Waals surface area contributed by atoms with Crippen molar-refractivity contribution in [2.45, 2.75) is 51.4 Å². The lowest BCUT2D eigenvalue weighted by Gasteiger charge is -2.20. The van der Waals surface area contributed by atoms with Crippen LogP contribution in [0.4, 0.5) is 0 Å². The molecule has 0 saturated heterocycles. The van der Waals surface area contributed by atoms with E-state index < -0.39 is 0 Å². The number of H-pyrrole nitrogens is 1. The van der Waals surface area contributed by atoms with Crippen LogP contribution in [0.1, 0.15) is 50.8 Å². The SMILES string of the molecule is O=C(CCC1CCCCC1)NCCc1ncn[nH]1. The third-order valence-corrected chi connectivity index (χ3v) is 3.65. The molecule has 0 bridgehead atoms. The second-order valence-electron chi connectivity index (χ2n) is 5.07. The summed E-state index contributed by atoms with van der Waals surface area (Å²) in [7, 11) is 0. The molecule has 1 saturated carbocycles. The molecule has 0 spiro atoms. The van der Waals surface area contributed by atoms with Crippen LogP contribution in [0.5, 0.6) is 0 Å². The molecule has 0 atom stereocenters. The maximum atomic E-state index is 11.7. The summed E-state index contributed by atoms with van der Waals surface area (Å²) in [6.07, 6.45) is 10.6. The van der Waals surface area contributed by atoms with Gasteiger partial charge in [-0.1, -0.05) is 32.1 Å². The zero-order chi connectivity index (χ0) is 12.6. The van der Waals surface area contributed by atoms with E-state index in [2.05, 4.69) is 20.5 Å². The van der Waals surface area contributed by atoms with E-state index in [0.29, 0.717) is 13.0 Å². The van der Waals surface area contributed by atoms with Gasteiger partial charge in [0.15, 0.2) is 0 Å². The predicted octanol–water partition coefficient (Wildman–Crippen LogP) is 1.82. The first-order valence-electron chi connectivity index (χ1n) is 6.95. The molecule has 0 aromatic carbocycles. The topological polar surface area (TPSA) is 70.7 Å². The van der Waals surface area contributed by atoms with Gasteiger partial charge in [-0.3, -0.25) is 9.89 Å². The minimum absolute atomic E-state index is 0.167. The van der Waals surface area contributed by atoms with Gasteiger partial charge in [0.25, 0.3) is 0 Å². The summed E-state index contributed by atoms with van der Waals surface area (Å²) in [5.74, 6) is 1.77. The molecule has 100 valence electrons. The number of aromatic nitrogens is 3. The summed E-state index contributed by atoms with van der Waals surface area (Å²) in [4.78, 5) is 15.7. The van der Waals surface area contributed by atoms with Gasteiger partial charge in [-0.05, 0) is 12.3 Å². The maximum absolute atomic E-state index is 11.7. The van der Waals surface area contributed by atoms with Crippen LogP contribution in [0, 0.1) is 5.92 Å². The molecule has 0 radical (unpaired) electrons. The highest BCUT2D eigenvalue weighted by molar-refractivity contribution is 5.75. The highest BCUT2D eigenvalue weighted by Gasteiger charge is 2.14. The summed E-state index contributed by atoms with van der Waals surface area (Å²) in [6.45, 7) is 0.638. The zero-order valence-electron chi connectivity index (χ0n) is 10.8. The first-order valence-corrected chi connectivity index (χ1v) is 6.95. The van der Waals surface area contributed by atoms with Crippen LogP contribution in [0.3, 0.4) is 0 Å². The van der Waals surface area contributed by atoms with Crippen molar-refractivity contribution < 1.29 is 4.79 Å². The molecule has 18 heavy (non-hydrogen) atoms. The molecule has 1 aliphatic carbocycles. The van der Waals surface area contributed by atoms with E-state index in [1.54, 1.807) is 0 Å². The standard InChI is InChI=1S/C13H22N4O/c18-13(7-6-11-4-2-1-3-5-11)14-9-8-12-15-10-16-17-12/h10-11H,1-9H2,(H,14,18)(H,15,16,17). The number of nitrogens with one attached hydrogen (secondary N) is 2. The van der Waals surface area contributed by atoms with Crippen LogP contribution in [0.15, 0.2) is 6.33 Å². The normalized spacial score (nSPS) is 16.7. The summed E-state index contributed by atoms with van der Waals surface area (Å²) in [6, 6.07) is 0. The molecule has 5 heteroatoms. The Morgan fingerprint density at radius 2 is 2.22 bits per heavy atom. The first-order chi connectivity index (χ1) is 8.84. The number of hydrogen-bond acceptors (Lipinski definition) is 3. The van der Waals surface area contributed by atoms with Gasteiger partial charge in [0.2, 0.25) is 5.91 Å². The van der Waals surface area contributed by atoms with Crippen molar-refractivity contribution in [3.05, 3.63) is 12.2 Å². The molecule has 1 fully saturated rings. The van der Waals surface area contributed by atoms with E-state index in [1.165, 1.54) is 38.4 Å². The second kappa shape index (κ2) is 7.13. The Labute approximate surface area is 108 Å². The van der Waals surface area contributed by atoms with Gasteiger partial charge in [0.1, 0.15) is 12.2 Å². The summed E-state index contributed by atoms with van der Waals surface area (Å²) in [5, 5.41) is 9.48. The van der Waals surface area contributed by atoms with E-state index in [1.807, 2.05) is 0 Å². The van der Waals surface area contributed by atoms with Crippen LogP contribution in [-0.2, 0) is 11.2 Å². The molecule has 5 nitrogen and oxygen atoms in total. The number of nitrogens with zero attached hydrogens (tertiary/aromatic N) is 2. The summed E-state index contributed by atoms with van der Waals surface area (Å²) in [5.41, 5.74) is 0. The third-order valence-electron chi connectivity index (χ3n) is 3.65. The van der Waals surface area contributed by atoms with Gasteiger partial charge in [-0.2, -0.15) is 5.10 Å². The molecule has 1 heterocycles. The lowest BCUT2D eigenvalue weighted by molar-refractivity contribution is -0.121. The monoisotopic (exact) mass is 250 g/mol. The lowest BCUT2D eigenvalue weighted by atomic mass is 9.86. The van der Waals surface area contributed by atoms with Crippen LogP contribution in [0.25, 0.3) is 0 Å². The average Bonchev–Trinajstić information content (AvgIpc) is 2.91. The Hall–Kier alpha value is -1.39. The van der Waals surface area contributed by atoms with Crippen LogP contribution in [0.2, 0.25) is 0 Å². The largest absolute Gasteiger partial charge is 0.356 e. The minimum atomic E-state index is 0.167. The van der Waals surface area contributed by atoms with Crippen molar-refractivity contribution in [2.24, 2.45) is 5.92 Å². The molecular formula is C13H22N4O. The van der Waals surface area contributed by atoms with E-state index in [4.69, 9.17) is 0 Å². The van der Waals surface area contributed by atoms with E-state index in [0.717, 1.165) is 24.6 Å². The number of aromatic amines is 1. The van der Waals surface area contributed by atoms with Crippen molar-refractivity contribution in [2.75, 3.05) is 6.54 Å². The van der Waals surface area contributed by atoms with E-state index in [9.17, 15) is 4.79 Å². The van der Waals surface area contributed by atoms with Gasteiger partial charge >= 0.3 is 0 Å². The van der Waals surface area contributed by atoms with Gasteiger partial charge < -0.3 is 5.32 Å². The number of rotatable bonds is 6. The van der Waals surface area contributed by atoms with Gasteiger partial charge in [0.05, 0.1) is 0 Å². The molecule has 2 rings (SSSR count). The minimum Gasteiger partial charge on any atom is -0.356 e. The van der Waals surface area contributed by atoms with Crippen molar-refractivity contribution in [3.63, 3.8) is 0 Å². The Kier molecular flexibility index (Phi) is 5.17. The molecule has 1 aromatic heterocycles. The van der Waals surface area contributed by atoms with Crippen molar-refractivity contribution in [1.29, 1.82) is 0 Å². The zero-order valence-corrected chi connectivity index (χ0v) is 10.8. The molecule has 2 N–H and O–H groups in total. The van der Waals surface area contributed by atoms with Crippen molar-refractivity contribution >= 4 is 5.91 Å². The average molecular weight is 250 g/mol. The summed E-state index contributed by atoms with van der Waals surface area (Å²) < 4.78 is 0. The van der Waals surface area contributed by atoms with Gasteiger partial charge in [0, 0.05) is 19.4 Å². The Morgan fingerprint density at radius 1 is 1.39 bits per heavy atom. The smallest absolute Gasteiger partial charge is 0.220 e. The molecule has 1 amide bonds. The van der Waals surface area contributed by atoms with E-state index in [-0.39, 0.29) is 5.91 Å². The highest BCUT2D eigenvalue weighted by atomic mass is 16.1. The van der Waals surface area contributed by atoms with Crippen LogP contribution in [-0.4, -0.2) is 27.6 Å². The Morgan fingerprint density at radius 3 is 2.94 bits per heavy atom. The fourth-order valence-corrected chi connectivity index (χ4v) is 2.57. The van der Waals surface area contributed by atoms with Crippen molar-refractivity contribution in [1.82, 2.24) is 20.5 Å². The number of carbonyl (C=O) groups excluding carboxylic acids is 1. The molecule has 0 aliphatic heterocycles. The number of amides is 1. The second-order valence-corrected chi connectivity index (χ2v) is 5.07. The fourth-order valence-electron chi connectivity index (χ4n) is 2.57. The lowest BCUT2D eigenvalue weighted by Crippen LogP contribution is -2.26. The molecule has 1 aromatic rings. The summed E-state index contributed by atoms with van der Waals surface area (Å²) >= 11 is 0. The van der Waals surface area contributed by atoms with Crippen LogP contribution >= 0.6 is 0 Å². The number of hydrogen-bond donors (Lipinski definition) is 2. The Bertz CT molecular complexity index is 344. The fraction of sp³-hybridized carbons (Fsp3) is 0.769. The third kappa shape index (κ3) is 4.47. The Balaban J connectivity index is 1.54. The first kappa shape index (κ1) is 13.1. The molecular weight excluding hydrogens is 228 g/mol. The highest BCUT2D eigenvalue weighted by Crippen LogP contribution is 2.27. The van der Waals surface area contributed by atoms with Gasteiger partial charge in [-0.15, -0.1) is 0 Å². The van der Waals surface area contributed by atoms with Crippen molar-refractivity contribution in [3.8, 4) is 0 Å². The van der Waals surface area contributed by atoms with E-state index >= 15 is 0 Å². The molecule has 1 aliphatic rings. The quantitative estimate of drug-likeness (QED) is 0.809.